The molecule has 6 heteroatoms. The molecule has 0 spiro atoms. The first kappa shape index (κ1) is 15.1. The van der Waals surface area contributed by atoms with Crippen molar-refractivity contribution in [3.63, 3.8) is 0 Å². The van der Waals surface area contributed by atoms with Crippen LogP contribution in [-0.4, -0.2) is 55.1 Å². The van der Waals surface area contributed by atoms with Gasteiger partial charge in [0, 0.05) is 26.2 Å². The van der Waals surface area contributed by atoms with Crippen LogP contribution in [0.3, 0.4) is 0 Å². The molecule has 21 heavy (non-hydrogen) atoms. The van der Waals surface area contributed by atoms with Crippen LogP contribution in [0.1, 0.15) is 10.4 Å². The van der Waals surface area contributed by atoms with Crippen molar-refractivity contribution in [3.05, 3.63) is 36.4 Å². The van der Waals surface area contributed by atoms with Gasteiger partial charge in [-0.25, -0.2) is 4.79 Å². The number of carboxylic acid groups (broad SMARTS) is 1. The van der Waals surface area contributed by atoms with Gasteiger partial charge in [0.1, 0.15) is 0 Å². The summed E-state index contributed by atoms with van der Waals surface area (Å²) in [5, 5.41) is 11.9. The summed E-state index contributed by atoms with van der Waals surface area (Å²) in [6, 6.07) is 4.71. The summed E-state index contributed by atoms with van der Waals surface area (Å²) < 4.78 is 0. The summed E-state index contributed by atoms with van der Waals surface area (Å²) in [4.78, 5) is 27.0. The van der Waals surface area contributed by atoms with Crippen LogP contribution < -0.4 is 10.2 Å². The van der Waals surface area contributed by atoms with Crippen molar-refractivity contribution in [1.82, 2.24) is 4.90 Å². The SMILES string of the molecule is C=CC(=O)Nc1ccc(C(=O)O)cc1N1CCN(C)CC1. The molecule has 0 aliphatic carbocycles. The summed E-state index contributed by atoms with van der Waals surface area (Å²) in [5.74, 6) is -1.29. The Morgan fingerprint density at radius 1 is 1.29 bits per heavy atom. The highest BCUT2D eigenvalue weighted by Crippen LogP contribution is 2.28. The number of anilines is 2. The third-order valence-corrected chi connectivity index (χ3v) is 3.53. The number of piperazine rings is 1. The number of likely N-dealkylation sites (N-methyl/N-ethyl adjacent to an activating group) is 1. The Morgan fingerprint density at radius 3 is 2.52 bits per heavy atom. The Hall–Kier alpha value is -2.34. The molecule has 0 atom stereocenters. The Bertz CT molecular complexity index is 563. The molecule has 1 aromatic carbocycles. The van der Waals surface area contributed by atoms with Crippen LogP contribution in [0, 0.1) is 0 Å². The molecule has 1 heterocycles. The van der Waals surface area contributed by atoms with Crippen molar-refractivity contribution >= 4 is 23.3 Å². The normalized spacial score (nSPS) is 15.6. The van der Waals surface area contributed by atoms with Crippen molar-refractivity contribution < 1.29 is 14.7 Å². The van der Waals surface area contributed by atoms with Gasteiger partial charge in [-0.2, -0.15) is 0 Å². The summed E-state index contributed by atoms with van der Waals surface area (Å²) >= 11 is 0. The van der Waals surface area contributed by atoms with E-state index in [1.807, 2.05) is 7.05 Å². The molecule has 2 N–H and O–H groups in total. The lowest BCUT2D eigenvalue weighted by Gasteiger charge is -2.35. The van der Waals surface area contributed by atoms with Crippen molar-refractivity contribution in [2.45, 2.75) is 0 Å². The third kappa shape index (κ3) is 3.61. The van der Waals surface area contributed by atoms with E-state index in [9.17, 15) is 9.59 Å². The van der Waals surface area contributed by atoms with E-state index in [2.05, 4.69) is 21.7 Å². The van der Waals surface area contributed by atoms with E-state index in [1.165, 1.54) is 12.1 Å². The van der Waals surface area contributed by atoms with Gasteiger partial charge < -0.3 is 20.2 Å². The zero-order valence-electron chi connectivity index (χ0n) is 12.0. The number of rotatable bonds is 4. The van der Waals surface area contributed by atoms with E-state index < -0.39 is 5.97 Å². The molecule has 0 bridgehead atoms. The van der Waals surface area contributed by atoms with Gasteiger partial charge in [-0.3, -0.25) is 4.79 Å². The number of aromatic carboxylic acids is 1. The number of hydrogen-bond donors (Lipinski definition) is 2. The maximum absolute atomic E-state index is 11.5. The monoisotopic (exact) mass is 289 g/mol. The van der Waals surface area contributed by atoms with Gasteiger partial charge in [-0.15, -0.1) is 0 Å². The highest BCUT2D eigenvalue weighted by atomic mass is 16.4. The number of carboxylic acids is 1. The quantitative estimate of drug-likeness (QED) is 0.816. The van der Waals surface area contributed by atoms with E-state index in [0.717, 1.165) is 31.9 Å². The van der Waals surface area contributed by atoms with Crippen LogP contribution in [0.5, 0.6) is 0 Å². The molecule has 2 rings (SSSR count). The molecule has 1 aromatic rings. The van der Waals surface area contributed by atoms with Crippen LogP contribution in [0.15, 0.2) is 30.9 Å². The standard InChI is InChI=1S/C15H19N3O3/c1-3-14(19)16-12-5-4-11(15(20)21)10-13(12)18-8-6-17(2)7-9-18/h3-5,10H,1,6-9H2,2H3,(H,16,19)(H,20,21). The van der Waals surface area contributed by atoms with E-state index >= 15 is 0 Å². The van der Waals surface area contributed by atoms with Gasteiger partial charge in [0.25, 0.3) is 0 Å². The minimum absolute atomic E-state index is 0.209. The van der Waals surface area contributed by atoms with Gasteiger partial charge >= 0.3 is 5.97 Å². The average Bonchev–Trinajstić information content (AvgIpc) is 2.48. The highest BCUT2D eigenvalue weighted by Gasteiger charge is 2.19. The first-order valence-corrected chi connectivity index (χ1v) is 6.75. The Kier molecular flexibility index (Phi) is 4.59. The first-order chi connectivity index (χ1) is 10.0. The predicted octanol–water partition coefficient (Wildman–Crippen LogP) is 1.26. The van der Waals surface area contributed by atoms with Crippen LogP contribution in [0.25, 0.3) is 0 Å². The number of nitrogens with zero attached hydrogens (tertiary/aromatic N) is 2. The molecule has 0 saturated carbocycles. The summed E-state index contributed by atoms with van der Waals surface area (Å²) in [5.41, 5.74) is 1.55. The van der Waals surface area contributed by atoms with Gasteiger partial charge in [0.2, 0.25) is 5.91 Å². The number of nitrogens with one attached hydrogen (secondary N) is 1. The van der Waals surface area contributed by atoms with Gasteiger partial charge in [0.15, 0.2) is 0 Å². The Morgan fingerprint density at radius 2 is 1.95 bits per heavy atom. The number of benzene rings is 1. The molecular weight excluding hydrogens is 270 g/mol. The zero-order chi connectivity index (χ0) is 15.4. The molecule has 112 valence electrons. The lowest BCUT2D eigenvalue weighted by atomic mass is 10.1. The molecule has 0 radical (unpaired) electrons. The summed E-state index contributed by atoms with van der Waals surface area (Å²) in [6.45, 7) is 6.79. The van der Waals surface area contributed by atoms with E-state index in [-0.39, 0.29) is 11.5 Å². The molecule has 6 nitrogen and oxygen atoms in total. The highest BCUT2D eigenvalue weighted by molar-refractivity contribution is 6.02. The maximum Gasteiger partial charge on any atom is 0.335 e. The third-order valence-electron chi connectivity index (χ3n) is 3.53. The van der Waals surface area contributed by atoms with Gasteiger partial charge in [0.05, 0.1) is 16.9 Å². The average molecular weight is 289 g/mol. The van der Waals surface area contributed by atoms with Crippen LogP contribution in [0.2, 0.25) is 0 Å². The second kappa shape index (κ2) is 6.41. The maximum atomic E-state index is 11.5. The minimum Gasteiger partial charge on any atom is -0.478 e. The van der Waals surface area contributed by atoms with Crippen LogP contribution >= 0.6 is 0 Å². The van der Waals surface area contributed by atoms with E-state index in [4.69, 9.17) is 5.11 Å². The fraction of sp³-hybridized carbons (Fsp3) is 0.333. The Balaban J connectivity index is 2.33. The second-order valence-electron chi connectivity index (χ2n) is 5.02. The predicted molar refractivity (Wildman–Crippen MR) is 81.9 cm³/mol. The lowest BCUT2D eigenvalue weighted by molar-refractivity contribution is -0.111. The van der Waals surface area contributed by atoms with Crippen molar-refractivity contribution in [2.24, 2.45) is 0 Å². The molecule has 1 amide bonds. The zero-order valence-corrected chi connectivity index (χ0v) is 12.0. The second-order valence-corrected chi connectivity index (χ2v) is 5.02. The number of carbonyl (C=O) groups is 2. The van der Waals surface area contributed by atoms with Crippen LogP contribution in [0.4, 0.5) is 11.4 Å². The van der Waals surface area contributed by atoms with Crippen molar-refractivity contribution in [2.75, 3.05) is 43.4 Å². The van der Waals surface area contributed by atoms with Gasteiger partial charge in [-0.05, 0) is 31.3 Å². The van der Waals surface area contributed by atoms with E-state index in [1.54, 1.807) is 12.1 Å². The summed E-state index contributed by atoms with van der Waals surface area (Å²) in [7, 11) is 2.05. The largest absolute Gasteiger partial charge is 0.478 e. The molecule has 0 aromatic heterocycles. The first-order valence-electron chi connectivity index (χ1n) is 6.75. The molecule has 1 saturated heterocycles. The molecule has 1 aliphatic heterocycles. The van der Waals surface area contributed by atoms with Crippen molar-refractivity contribution in [1.29, 1.82) is 0 Å². The lowest BCUT2D eigenvalue weighted by Crippen LogP contribution is -2.44. The Labute approximate surface area is 123 Å². The molecule has 1 fully saturated rings. The minimum atomic E-state index is -0.980. The number of amides is 1. The fourth-order valence-corrected chi connectivity index (χ4v) is 2.26. The molecular formula is C15H19N3O3. The van der Waals surface area contributed by atoms with E-state index in [0.29, 0.717) is 5.69 Å². The smallest absolute Gasteiger partial charge is 0.335 e. The van der Waals surface area contributed by atoms with Gasteiger partial charge in [-0.1, -0.05) is 6.58 Å². The fourth-order valence-electron chi connectivity index (χ4n) is 2.26. The number of hydrogen-bond acceptors (Lipinski definition) is 4. The van der Waals surface area contributed by atoms with Crippen molar-refractivity contribution in [3.8, 4) is 0 Å². The topological polar surface area (TPSA) is 72.9 Å². The summed E-state index contributed by atoms with van der Waals surface area (Å²) in [6.07, 6.45) is 1.19. The number of carbonyl (C=O) groups excluding carboxylic acids is 1. The molecule has 0 unspecified atom stereocenters. The van der Waals surface area contributed by atoms with Crippen LogP contribution in [-0.2, 0) is 4.79 Å². The molecule has 1 aliphatic rings.